The summed E-state index contributed by atoms with van der Waals surface area (Å²) in [4.78, 5) is 19.7. The van der Waals surface area contributed by atoms with E-state index in [-0.39, 0.29) is 11.9 Å². The molecule has 0 radical (unpaired) electrons. The van der Waals surface area contributed by atoms with Crippen LogP contribution in [0.1, 0.15) is 46.6 Å². The lowest BCUT2D eigenvalue weighted by Gasteiger charge is -2.35. The average Bonchev–Trinajstić information content (AvgIpc) is 2.91. The number of aromatic hydroxyl groups is 1. The predicted molar refractivity (Wildman–Crippen MR) is 96.4 cm³/mol. The van der Waals surface area contributed by atoms with Gasteiger partial charge in [0.05, 0.1) is 5.69 Å². The maximum Gasteiger partial charge on any atom is 0.266 e. The molecule has 3 rings (SSSR count). The van der Waals surface area contributed by atoms with Crippen LogP contribution in [0.3, 0.4) is 0 Å². The number of nitrogens with two attached hydrogens (primary N) is 1. The summed E-state index contributed by atoms with van der Waals surface area (Å²) < 4.78 is 0. The number of anilines is 1. The number of carbonyl (C=O) groups excluding carboxylic acids is 1. The number of hydrogen-bond acceptors (Lipinski definition) is 5. The lowest BCUT2D eigenvalue weighted by molar-refractivity contribution is 0.0606. The first-order chi connectivity index (χ1) is 11.5. The van der Waals surface area contributed by atoms with Gasteiger partial charge in [-0.3, -0.25) is 4.79 Å². The second-order valence-electron chi connectivity index (χ2n) is 6.32. The van der Waals surface area contributed by atoms with Gasteiger partial charge in [0.1, 0.15) is 10.6 Å². The number of piperidine rings is 1. The first kappa shape index (κ1) is 16.8. The molecule has 24 heavy (non-hydrogen) atoms. The van der Waals surface area contributed by atoms with Crippen molar-refractivity contribution in [2.24, 2.45) is 0 Å². The van der Waals surface area contributed by atoms with E-state index in [2.05, 4.69) is 4.98 Å². The molecule has 1 aromatic carbocycles. The minimum atomic E-state index is 0.0577. The monoisotopic (exact) mass is 345 g/mol. The Bertz CT molecular complexity index is 729. The maximum absolute atomic E-state index is 12.9. The van der Waals surface area contributed by atoms with Crippen molar-refractivity contribution in [2.75, 3.05) is 12.3 Å². The van der Waals surface area contributed by atoms with Gasteiger partial charge in [0.25, 0.3) is 5.91 Å². The first-order valence-electron chi connectivity index (χ1n) is 8.36. The van der Waals surface area contributed by atoms with Crippen LogP contribution in [0.25, 0.3) is 0 Å². The fourth-order valence-electron chi connectivity index (χ4n) is 3.36. The first-order valence-corrected chi connectivity index (χ1v) is 9.18. The summed E-state index contributed by atoms with van der Waals surface area (Å²) in [5, 5.41) is 10.0. The molecule has 1 fully saturated rings. The minimum absolute atomic E-state index is 0.0577. The Labute approximate surface area is 146 Å². The van der Waals surface area contributed by atoms with E-state index in [0.29, 0.717) is 15.8 Å². The highest BCUT2D eigenvalue weighted by Crippen LogP contribution is 2.28. The summed E-state index contributed by atoms with van der Waals surface area (Å²) in [5.41, 5.74) is 7.57. The van der Waals surface area contributed by atoms with E-state index >= 15 is 0 Å². The Morgan fingerprint density at radius 3 is 3.00 bits per heavy atom. The highest BCUT2D eigenvalue weighted by atomic mass is 32.1. The van der Waals surface area contributed by atoms with Gasteiger partial charge in [0, 0.05) is 12.6 Å². The number of likely N-dealkylation sites (tertiary alicyclic amines) is 1. The van der Waals surface area contributed by atoms with Gasteiger partial charge in [-0.25, -0.2) is 4.98 Å². The van der Waals surface area contributed by atoms with Gasteiger partial charge in [-0.2, -0.15) is 0 Å². The smallest absolute Gasteiger partial charge is 0.266 e. The summed E-state index contributed by atoms with van der Waals surface area (Å²) in [6.45, 7) is 2.63. The zero-order chi connectivity index (χ0) is 17.1. The number of aryl methyl sites for hydroxylation is 2. The SMILES string of the molecule is Cc1nc(N)sc1C(=O)N1CCCC[C@H]1CCc1cccc(O)c1. The molecule has 6 heteroatoms. The molecule has 128 valence electrons. The summed E-state index contributed by atoms with van der Waals surface area (Å²) in [5.74, 6) is 0.349. The average molecular weight is 345 g/mol. The number of hydrogen-bond donors (Lipinski definition) is 2. The number of aromatic nitrogens is 1. The van der Waals surface area contributed by atoms with E-state index in [0.717, 1.165) is 49.9 Å². The molecule has 2 heterocycles. The van der Waals surface area contributed by atoms with Crippen molar-refractivity contribution < 1.29 is 9.90 Å². The summed E-state index contributed by atoms with van der Waals surface area (Å²) in [6, 6.07) is 7.58. The van der Waals surface area contributed by atoms with Crippen LogP contribution in [0.2, 0.25) is 0 Å². The molecular formula is C18H23N3O2S. The van der Waals surface area contributed by atoms with Gasteiger partial charge in [-0.15, -0.1) is 0 Å². The van der Waals surface area contributed by atoms with Gasteiger partial charge >= 0.3 is 0 Å². The van der Waals surface area contributed by atoms with Crippen LogP contribution in [-0.2, 0) is 6.42 Å². The number of phenolic OH excluding ortho intramolecular Hbond substituents is 1. The van der Waals surface area contributed by atoms with Crippen LogP contribution in [0, 0.1) is 6.92 Å². The van der Waals surface area contributed by atoms with Crippen molar-refractivity contribution in [3.05, 3.63) is 40.4 Å². The standard InChI is InChI=1S/C18H23N3O2S/c1-12-16(24-18(19)20-12)17(23)21-10-3-2-6-14(21)9-8-13-5-4-7-15(22)11-13/h4-5,7,11,14,22H,2-3,6,8-10H2,1H3,(H2,19,20)/t14-/m0/s1. The van der Waals surface area contributed by atoms with Crippen LogP contribution in [0.5, 0.6) is 5.75 Å². The second kappa shape index (κ2) is 7.21. The number of carbonyl (C=O) groups is 1. The molecule has 2 aromatic rings. The predicted octanol–water partition coefficient (Wildman–Crippen LogP) is 3.37. The molecule has 1 aliphatic heterocycles. The maximum atomic E-state index is 12.9. The van der Waals surface area contributed by atoms with Gasteiger partial charge in [-0.05, 0) is 56.7 Å². The number of thiazole rings is 1. The van der Waals surface area contributed by atoms with E-state index in [1.54, 1.807) is 12.1 Å². The van der Waals surface area contributed by atoms with Crippen LogP contribution >= 0.6 is 11.3 Å². The molecule has 1 aliphatic rings. The van der Waals surface area contributed by atoms with E-state index < -0.39 is 0 Å². The molecule has 1 atom stereocenters. The third kappa shape index (κ3) is 3.70. The van der Waals surface area contributed by atoms with Gasteiger partial charge in [-0.1, -0.05) is 23.5 Å². The number of nitrogen functional groups attached to an aromatic ring is 1. The number of phenols is 1. The Morgan fingerprint density at radius 1 is 1.46 bits per heavy atom. The Kier molecular flexibility index (Phi) is 5.04. The fourth-order valence-corrected chi connectivity index (χ4v) is 4.15. The van der Waals surface area contributed by atoms with Crippen molar-refractivity contribution in [2.45, 2.75) is 45.1 Å². The van der Waals surface area contributed by atoms with Crippen molar-refractivity contribution in [1.29, 1.82) is 0 Å². The third-order valence-corrected chi connectivity index (χ3v) is 5.55. The number of amides is 1. The lowest BCUT2D eigenvalue weighted by atomic mass is 9.95. The van der Waals surface area contributed by atoms with Crippen molar-refractivity contribution in [3.8, 4) is 5.75 Å². The summed E-state index contributed by atoms with van der Waals surface area (Å²) in [7, 11) is 0. The largest absolute Gasteiger partial charge is 0.508 e. The Balaban J connectivity index is 1.71. The zero-order valence-corrected chi connectivity index (χ0v) is 14.7. The highest BCUT2D eigenvalue weighted by Gasteiger charge is 2.29. The van der Waals surface area contributed by atoms with Gasteiger partial charge in [0.2, 0.25) is 0 Å². The normalized spacial score (nSPS) is 17.9. The van der Waals surface area contributed by atoms with E-state index in [9.17, 15) is 9.90 Å². The molecule has 1 amide bonds. The number of nitrogens with zero attached hydrogens (tertiary/aromatic N) is 2. The molecule has 0 spiro atoms. The molecule has 1 aromatic heterocycles. The van der Waals surface area contributed by atoms with E-state index in [1.165, 1.54) is 11.3 Å². The molecule has 0 bridgehead atoms. The summed E-state index contributed by atoms with van der Waals surface area (Å²) in [6.07, 6.45) is 4.98. The van der Waals surface area contributed by atoms with Crippen LogP contribution in [0.15, 0.2) is 24.3 Å². The minimum Gasteiger partial charge on any atom is -0.508 e. The summed E-state index contributed by atoms with van der Waals surface area (Å²) >= 11 is 1.28. The van der Waals surface area contributed by atoms with Crippen molar-refractivity contribution in [1.82, 2.24) is 9.88 Å². The van der Waals surface area contributed by atoms with Gasteiger partial charge < -0.3 is 15.7 Å². The molecule has 3 N–H and O–H groups in total. The quantitative estimate of drug-likeness (QED) is 0.890. The molecular weight excluding hydrogens is 322 g/mol. The van der Waals surface area contributed by atoms with Gasteiger partial charge in [0.15, 0.2) is 5.13 Å². The molecule has 0 unspecified atom stereocenters. The van der Waals surface area contributed by atoms with Crippen LogP contribution in [0.4, 0.5) is 5.13 Å². The highest BCUT2D eigenvalue weighted by molar-refractivity contribution is 7.17. The molecule has 0 saturated carbocycles. The Hall–Kier alpha value is -2.08. The van der Waals surface area contributed by atoms with E-state index in [4.69, 9.17) is 5.73 Å². The zero-order valence-electron chi connectivity index (χ0n) is 13.9. The van der Waals surface area contributed by atoms with Crippen LogP contribution < -0.4 is 5.73 Å². The Morgan fingerprint density at radius 2 is 2.29 bits per heavy atom. The molecule has 1 saturated heterocycles. The van der Waals surface area contributed by atoms with Crippen molar-refractivity contribution in [3.63, 3.8) is 0 Å². The number of benzene rings is 1. The lowest BCUT2D eigenvalue weighted by Crippen LogP contribution is -2.43. The molecule has 0 aliphatic carbocycles. The number of rotatable bonds is 4. The van der Waals surface area contributed by atoms with Crippen molar-refractivity contribution >= 4 is 22.4 Å². The molecule has 5 nitrogen and oxygen atoms in total. The second-order valence-corrected chi connectivity index (χ2v) is 7.35. The van der Waals surface area contributed by atoms with Crippen LogP contribution in [-0.4, -0.2) is 33.5 Å². The fraction of sp³-hybridized carbons (Fsp3) is 0.444. The third-order valence-electron chi connectivity index (χ3n) is 4.57. The van der Waals surface area contributed by atoms with E-state index in [1.807, 2.05) is 24.0 Å². The topological polar surface area (TPSA) is 79.5 Å².